The zero-order chi connectivity index (χ0) is 19.7. The molecule has 3 fully saturated rings. The highest BCUT2D eigenvalue weighted by Crippen LogP contribution is 2.68. The smallest absolute Gasteiger partial charge is 0.155 e. The van der Waals surface area contributed by atoms with Crippen LogP contribution < -0.4 is 5.73 Å². The first-order valence-corrected chi connectivity index (χ1v) is 11.8. The molecule has 3 nitrogen and oxygen atoms in total. The number of carbonyl (C=O) groups is 1. The summed E-state index contributed by atoms with van der Waals surface area (Å²) in [6.45, 7) is 4.95. The van der Waals surface area contributed by atoms with Crippen molar-refractivity contribution < 1.29 is 4.79 Å². The van der Waals surface area contributed by atoms with Gasteiger partial charge in [-0.15, -0.1) is 11.3 Å². The zero-order valence-electron chi connectivity index (χ0n) is 17.0. The van der Waals surface area contributed by atoms with Gasteiger partial charge in [0.25, 0.3) is 0 Å². The quantitative estimate of drug-likeness (QED) is 0.653. The first-order valence-electron chi connectivity index (χ1n) is 10.9. The van der Waals surface area contributed by atoms with Gasteiger partial charge in [-0.1, -0.05) is 19.4 Å². The third-order valence-electron chi connectivity index (χ3n) is 9.30. The minimum absolute atomic E-state index is 0.237. The number of nitrogens with zero attached hydrogens (tertiary/aromatic N) is 1. The van der Waals surface area contributed by atoms with Crippen molar-refractivity contribution in [1.29, 1.82) is 5.26 Å². The van der Waals surface area contributed by atoms with Crippen molar-refractivity contribution in [2.24, 2.45) is 28.6 Å². The topological polar surface area (TPSA) is 66.9 Å². The van der Waals surface area contributed by atoms with Gasteiger partial charge in [0.05, 0.1) is 5.56 Å². The van der Waals surface area contributed by atoms with Crippen molar-refractivity contribution in [2.45, 2.75) is 71.1 Å². The van der Waals surface area contributed by atoms with E-state index in [1.807, 2.05) is 6.08 Å². The molecule has 0 amide bonds. The molecule has 148 valence electrons. The van der Waals surface area contributed by atoms with E-state index in [1.165, 1.54) is 54.6 Å². The number of nitrogen functional groups attached to an aromatic ring is 1. The molecule has 0 saturated heterocycles. The summed E-state index contributed by atoms with van der Waals surface area (Å²) in [6.07, 6.45) is 11.1. The van der Waals surface area contributed by atoms with Crippen LogP contribution in [0.1, 0.15) is 82.3 Å². The molecule has 0 radical (unpaired) electrons. The minimum Gasteiger partial charge on any atom is -0.389 e. The van der Waals surface area contributed by atoms with Crippen molar-refractivity contribution in [3.8, 4) is 6.07 Å². The number of hydrogen-bond donors (Lipinski definition) is 1. The van der Waals surface area contributed by atoms with Gasteiger partial charge in [-0.3, -0.25) is 4.79 Å². The molecule has 6 atom stereocenters. The van der Waals surface area contributed by atoms with Crippen molar-refractivity contribution in [1.82, 2.24) is 0 Å². The molecule has 4 aliphatic carbocycles. The Morgan fingerprint density at radius 1 is 1.14 bits per heavy atom. The second kappa shape index (κ2) is 6.20. The molecule has 1 heterocycles. The molecule has 1 unspecified atom stereocenters. The summed E-state index contributed by atoms with van der Waals surface area (Å²) in [7, 11) is 0. The Morgan fingerprint density at radius 3 is 2.75 bits per heavy atom. The van der Waals surface area contributed by atoms with E-state index in [0.29, 0.717) is 16.7 Å². The maximum atomic E-state index is 12.0. The van der Waals surface area contributed by atoms with Crippen LogP contribution in [-0.4, -0.2) is 5.78 Å². The van der Waals surface area contributed by atoms with Gasteiger partial charge >= 0.3 is 0 Å². The van der Waals surface area contributed by atoms with Gasteiger partial charge in [0, 0.05) is 6.42 Å². The fraction of sp³-hybridized carbons (Fsp3) is 0.667. The highest BCUT2D eigenvalue weighted by Gasteiger charge is 2.59. The van der Waals surface area contributed by atoms with Crippen LogP contribution in [0.4, 0.5) is 5.00 Å². The van der Waals surface area contributed by atoms with E-state index in [4.69, 9.17) is 5.73 Å². The van der Waals surface area contributed by atoms with Crippen LogP contribution in [-0.2, 0) is 4.79 Å². The molecule has 4 aliphatic rings. The lowest BCUT2D eigenvalue weighted by atomic mass is 9.46. The van der Waals surface area contributed by atoms with E-state index < -0.39 is 0 Å². The Kier molecular flexibility index (Phi) is 4.08. The highest BCUT2D eigenvalue weighted by atomic mass is 32.1. The number of thiophene rings is 1. The number of anilines is 1. The SMILES string of the molecule is C[C@]12CCC(=O)C=C1CC[C@@H]1[C@@H]2CC[C@]2(C)C(c3csc(N)c3C#N)CC[C@@H]12. The summed E-state index contributed by atoms with van der Waals surface area (Å²) in [5.41, 5.74) is 10.0. The molecular weight excluding hydrogens is 364 g/mol. The summed E-state index contributed by atoms with van der Waals surface area (Å²) in [5.74, 6) is 3.03. The van der Waals surface area contributed by atoms with E-state index in [1.54, 1.807) is 0 Å². The lowest BCUT2D eigenvalue weighted by molar-refractivity contribution is -0.117. The predicted molar refractivity (Wildman–Crippen MR) is 113 cm³/mol. The lowest BCUT2D eigenvalue weighted by Crippen LogP contribution is -2.50. The number of allylic oxidation sites excluding steroid dienone is 1. The van der Waals surface area contributed by atoms with Crippen LogP contribution in [0, 0.1) is 39.9 Å². The second-order valence-electron chi connectivity index (χ2n) is 10.2. The number of nitrogens with two attached hydrogens (primary N) is 1. The maximum absolute atomic E-state index is 12.0. The number of hydrogen-bond acceptors (Lipinski definition) is 4. The largest absolute Gasteiger partial charge is 0.389 e. The summed E-state index contributed by atoms with van der Waals surface area (Å²) in [5, 5.41) is 12.5. The molecule has 0 bridgehead atoms. The third kappa shape index (κ3) is 2.35. The summed E-state index contributed by atoms with van der Waals surface area (Å²) in [4.78, 5) is 12.0. The molecule has 28 heavy (non-hydrogen) atoms. The predicted octanol–water partition coefficient (Wildman–Crippen LogP) is 5.82. The Morgan fingerprint density at radius 2 is 1.96 bits per heavy atom. The number of carbonyl (C=O) groups excluding carboxylic acids is 1. The molecule has 0 aromatic carbocycles. The standard InChI is InChI=1S/C24H30N2OS/c1-23-9-7-15(27)11-14(23)3-4-16-19-5-6-20(24(19,2)10-8-21(16)23)18-13-28-22(26)17(18)12-25/h11,13,16,19-21H,3-10,26H2,1-2H3/t16-,19-,20?,21-,23-,24-/m0/s1. The molecule has 2 N–H and O–H groups in total. The van der Waals surface area contributed by atoms with Gasteiger partial charge in [0.2, 0.25) is 0 Å². The lowest BCUT2D eigenvalue weighted by Gasteiger charge is -2.58. The van der Waals surface area contributed by atoms with Gasteiger partial charge in [-0.25, -0.2) is 0 Å². The van der Waals surface area contributed by atoms with E-state index in [2.05, 4.69) is 25.3 Å². The van der Waals surface area contributed by atoms with E-state index in [9.17, 15) is 10.1 Å². The van der Waals surface area contributed by atoms with Crippen molar-refractivity contribution in [3.05, 3.63) is 28.2 Å². The van der Waals surface area contributed by atoms with Crippen molar-refractivity contribution >= 4 is 22.1 Å². The Hall–Kier alpha value is -1.60. The van der Waals surface area contributed by atoms with Crippen LogP contribution in [0.25, 0.3) is 0 Å². The monoisotopic (exact) mass is 394 g/mol. The minimum atomic E-state index is 0.237. The van der Waals surface area contributed by atoms with Crippen molar-refractivity contribution in [2.75, 3.05) is 5.73 Å². The van der Waals surface area contributed by atoms with Gasteiger partial charge in [-0.2, -0.15) is 5.26 Å². The molecule has 4 heteroatoms. The molecule has 1 aromatic heterocycles. The summed E-state index contributed by atoms with van der Waals surface area (Å²) >= 11 is 1.53. The molecular formula is C24H30N2OS. The number of ketones is 1. The first-order chi connectivity index (χ1) is 13.4. The Labute approximate surface area is 172 Å². The normalized spacial score (nSPS) is 42.2. The molecule has 3 saturated carbocycles. The molecule has 0 spiro atoms. The molecule has 0 aliphatic heterocycles. The average molecular weight is 395 g/mol. The number of fused-ring (bicyclic) bond motifs is 5. The van der Waals surface area contributed by atoms with Gasteiger partial charge in [0.1, 0.15) is 11.1 Å². The first kappa shape index (κ1) is 18.4. The summed E-state index contributed by atoms with van der Waals surface area (Å²) < 4.78 is 0. The number of nitriles is 1. The van der Waals surface area contributed by atoms with E-state index in [-0.39, 0.29) is 10.8 Å². The zero-order valence-corrected chi connectivity index (χ0v) is 17.8. The average Bonchev–Trinajstić information content (AvgIpc) is 3.21. The van der Waals surface area contributed by atoms with Crippen LogP contribution >= 0.6 is 11.3 Å². The van der Waals surface area contributed by atoms with Crippen LogP contribution in [0.3, 0.4) is 0 Å². The van der Waals surface area contributed by atoms with Gasteiger partial charge in [-0.05, 0) is 96.5 Å². The molecule has 1 aromatic rings. The number of rotatable bonds is 1. The highest BCUT2D eigenvalue weighted by molar-refractivity contribution is 7.14. The van der Waals surface area contributed by atoms with E-state index in [0.717, 1.165) is 42.6 Å². The van der Waals surface area contributed by atoms with Crippen LogP contribution in [0.5, 0.6) is 0 Å². The fourth-order valence-corrected chi connectivity index (χ4v) is 8.65. The van der Waals surface area contributed by atoms with Gasteiger partial charge < -0.3 is 5.73 Å². The van der Waals surface area contributed by atoms with Crippen LogP contribution in [0.15, 0.2) is 17.0 Å². The Balaban J connectivity index is 1.49. The second-order valence-corrected chi connectivity index (χ2v) is 11.1. The van der Waals surface area contributed by atoms with Crippen molar-refractivity contribution in [3.63, 3.8) is 0 Å². The fourth-order valence-electron chi connectivity index (χ4n) is 7.83. The third-order valence-corrected chi connectivity index (χ3v) is 10.1. The maximum Gasteiger partial charge on any atom is 0.155 e. The van der Waals surface area contributed by atoms with Crippen LogP contribution in [0.2, 0.25) is 0 Å². The van der Waals surface area contributed by atoms with Gasteiger partial charge in [0.15, 0.2) is 5.78 Å². The summed E-state index contributed by atoms with van der Waals surface area (Å²) in [6, 6.07) is 2.38. The van der Waals surface area contributed by atoms with E-state index >= 15 is 0 Å². The molecule has 5 rings (SSSR count). The Bertz CT molecular complexity index is 908.